The Hall–Kier alpha value is -1.54. The predicted octanol–water partition coefficient (Wildman–Crippen LogP) is 3.55. The highest BCUT2D eigenvalue weighted by atomic mass is 31.2. The summed E-state index contributed by atoms with van der Waals surface area (Å²) >= 11 is 0. The molecule has 2 aromatic heterocycles. The number of anilines is 1. The molecular weight excluding hydrogens is 369 g/mol. The lowest BCUT2D eigenvalue weighted by Crippen LogP contribution is -2.14. The second kappa shape index (κ2) is 9.10. The zero-order valence-electron chi connectivity index (χ0n) is 16.9. The summed E-state index contributed by atoms with van der Waals surface area (Å²) in [6, 6.07) is 0. The third-order valence-electron chi connectivity index (χ3n) is 3.49. The standard InChI is InChI=1S/C17H30N5O4P/c1-11(2)16-20-15(18)14-17(21-16)22(9-19-14)7-8-24-10-27(23,25-12(3)4)26-13(5)6/h9,11-13H,7-8,10H2,1-6H3,(H2,18,20,21). The Labute approximate surface area is 160 Å². The summed E-state index contributed by atoms with van der Waals surface area (Å²) in [5, 5.41) is 0. The molecule has 0 saturated carbocycles. The summed E-state index contributed by atoms with van der Waals surface area (Å²) in [7, 11) is -3.31. The summed E-state index contributed by atoms with van der Waals surface area (Å²) in [6.07, 6.45) is 1.11. The van der Waals surface area contributed by atoms with Gasteiger partial charge in [0.1, 0.15) is 17.7 Å². The van der Waals surface area contributed by atoms with Gasteiger partial charge in [0.15, 0.2) is 11.5 Å². The molecule has 2 heterocycles. The number of hydrogen-bond acceptors (Lipinski definition) is 8. The Morgan fingerprint density at radius 1 is 1.11 bits per heavy atom. The van der Waals surface area contributed by atoms with Crippen molar-refractivity contribution in [3.63, 3.8) is 0 Å². The molecule has 0 saturated heterocycles. The van der Waals surface area contributed by atoms with Crippen LogP contribution in [0.1, 0.15) is 53.3 Å². The van der Waals surface area contributed by atoms with E-state index in [9.17, 15) is 4.57 Å². The van der Waals surface area contributed by atoms with Gasteiger partial charge in [0.2, 0.25) is 0 Å². The van der Waals surface area contributed by atoms with E-state index >= 15 is 0 Å². The molecule has 27 heavy (non-hydrogen) atoms. The summed E-state index contributed by atoms with van der Waals surface area (Å²) < 4.78 is 31.1. The molecule has 0 atom stereocenters. The highest BCUT2D eigenvalue weighted by molar-refractivity contribution is 7.53. The van der Waals surface area contributed by atoms with Crippen LogP contribution in [-0.2, 0) is 24.9 Å². The van der Waals surface area contributed by atoms with E-state index < -0.39 is 7.60 Å². The second-order valence-electron chi connectivity index (χ2n) is 7.19. The summed E-state index contributed by atoms with van der Waals surface area (Å²) in [4.78, 5) is 13.1. The summed E-state index contributed by atoms with van der Waals surface area (Å²) in [5.74, 6) is 1.19. The second-order valence-corrected chi connectivity index (χ2v) is 9.09. The Kier molecular flexibility index (Phi) is 7.33. The number of ether oxygens (including phenoxy) is 1. The van der Waals surface area contributed by atoms with E-state index in [1.807, 2.05) is 46.1 Å². The van der Waals surface area contributed by atoms with E-state index in [0.29, 0.717) is 36.0 Å². The van der Waals surface area contributed by atoms with Crippen molar-refractivity contribution in [3.05, 3.63) is 12.2 Å². The Morgan fingerprint density at radius 2 is 1.74 bits per heavy atom. The number of nitrogens with two attached hydrogens (primary N) is 1. The number of aromatic nitrogens is 4. The fourth-order valence-electron chi connectivity index (χ4n) is 2.47. The smallest absolute Gasteiger partial charge is 0.356 e. The number of hydrogen-bond donors (Lipinski definition) is 1. The lowest BCUT2D eigenvalue weighted by Gasteiger charge is -2.22. The van der Waals surface area contributed by atoms with Gasteiger partial charge in [-0.2, -0.15) is 0 Å². The van der Waals surface area contributed by atoms with Crippen molar-refractivity contribution < 1.29 is 18.3 Å². The Balaban J connectivity index is 2.03. The molecule has 152 valence electrons. The van der Waals surface area contributed by atoms with Crippen LogP contribution in [0.3, 0.4) is 0 Å². The fraction of sp³-hybridized carbons (Fsp3) is 0.706. The van der Waals surface area contributed by atoms with Crippen LogP contribution in [0.2, 0.25) is 0 Å². The van der Waals surface area contributed by atoms with Gasteiger partial charge in [-0.15, -0.1) is 0 Å². The Morgan fingerprint density at radius 3 is 2.30 bits per heavy atom. The molecule has 0 radical (unpaired) electrons. The van der Waals surface area contributed by atoms with E-state index in [1.165, 1.54) is 0 Å². The normalized spacial score (nSPS) is 12.8. The van der Waals surface area contributed by atoms with Crippen LogP contribution < -0.4 is 5.73 Å². The number of imidazole rings is 1. The molecule has 0 aliphatic rings. The molecular formula is C17H30N5O4P. The number of nitrogen functional groups attached to an aromatic ring is 1. The molecule has 2 N–H and O–H groups in total. The SMILES string of the molecule is CC(C)OP(=O)(COCCn1cnc2c(N)nc(C(C)C)nc21)OC(C)C. The van der Waals surface area contributed by atoms with E-state index in [2.05, 4.69) is 15.0 Å². The van der Waals surface area contributed by atoms with Crippen LogP contribution in [0, 0.1) is 0 Å². The fourth-order valence-corrected chi connectivity index (χ4v) is 4.28. The average molecular weight is 399 g/mol. The molecule has 0 fully saturated rings. The van der Waals surface area contributed by atoms with Gasteiger partial charge in [0.05, 0.1) is 25.1 Å². The van der Waals surface area contributed by atoms with Crippen LogP contribution >= 0.6 is 7.60 Å². The van der Waals surface area contributed by atoms with Crippen LogP contribution in [0.5, 0.6) is 0 Å². The quantitative estimate of drug-likeness (QED) is 0.476. The minimum Gasteiger partial charge on any atom is -0.382 e. The molecule has 9 nitrogen and oxygen atoms in total. The third kappa shape index (κ3) is 5.97. The first-order valence-electron chi connectivity index (χ1n) is 9.13. The van der Waals surface area contributed by atoms with Gasteiger partial charge in [0, 0.05) is 12.5 Å². The molecule has 0 bridgehead atoms. The van der Waals surface area contributed by atoms with Crippen molar-refractivity contribution in [2.45, 2.75) is 66.2 Å². The predicted molar refractivity (Wildman–Crippen MR) is 105 cm³/mol. The van der Waals surface area contributed by atoms with Gasteiger partial charge >= 0.3 is 7.60 Å². The van der Waals surface area contributed by atoms with Crippen molar-refractivity contribution in [2.75, 3.05) is 18.7 Å². The maximum atomic E-state index is 12.7. The first-order chi connectivity index (χ1) is 12.6. The molecule has 0 spiro atoms. The molecule has 0 aliphatic heterocycles. The topological polar surface area (TPSA) is 114 Å². The zero-order chi connectivity index (χ0) is 20.2. The molecule has 0 aliphatic carbocycles. The van der Waals surface area contributed by atoms with E-state index in [0.717, 1.165) is 0 Å². The molecule has 10 heteroatoms. The largest absolute Gasteiger partial charge is 0.382 e. The van der Waals surface area contributed by atoms with Crippen LogP contribution in [-0.4, -0.2) is 44.7 Å². The molecule has 2 aromatic rings. The first kappa shape index (κ1) is 21.8. The Bertz CT molecular complexity index is 792. The van der Waals surface area contributed by atoms with Crippen molar-refractivity contribution in [1.29, 1.82) is 0 Å². The average Bonchev–Trinajstić information content (AvgIpc) is 2.93. The zero-order valence-corrected chi connectivity index (χ0v) is 17.8. The van der Waals surface area contributed by atoms with Crippen LogP contribution in [0.25, 0.3) is 11.2 Å². The van der Waals surface area contributed by atoms with E-state index in [1.54, 1.807) is 6.33 Å². The number of fused-ring (bicyclic) bond motifs is 1. The van der Waals surface area contributed by atoms with Crippen molar-refractivity contribution in [2.24, 2.45) is 0 Å². The van der Waals surface area contributed by atoms with Crippen LogP contribution in [0.4, 0.5) is 5.82 Å². The highest BCUT2D eigenvalue weighted by Gasteiger charge is 2.28. The lowest BCUT2D eigenvalue weighted by molar-refractivity contribution is 0.0961. The van der Waals surface area contributed by atoms with E-state index in [-0.39, 0.29) is 24.5 Å². The monoisotopic (exact) mass is 399 g/mol. The minimum absolute atomic E-state index is 0.107. The number of nitrogens with zero attached hydrogens (tertiary/aromatic N) is 4. The van der Waals surface area contributed by atoms with Gasteiger partial charge in [-0.3, -0.25) is 4.57 Å². The van der Waals surface area contributed by atoms with Crippen molar-refractivity contribution in [1.82, 2.24) is 19.5 Å². The molecule has 2 rings (SSSR count). The summed E-state index contributed by atoms with van der Waals surface area (Å²) in [6.45, 7) is 12.0. The van der Waals surface area contributed by atoms with Gasteiger partial charge < -0.3 is 24.1 Å². The molecule has 0 amide bonds. The summed E-state index contributed by atoms with van der Waals surface area (Å²) in [5.41, 5.74) is 7.21. The maximum Gasteiger partial charge on any atom is 0.356 e. The maximum absolute atomic E-state index is 12.7. The third-order valence-corrected chi connectivity index (χ3v) is 5.48. The van der Waals surface area contributed by atoms with Crippen LogP contribution in [0.15, 0.2) is 6.33 Å². The number of rotatable bonds is 10. The minimum atomic E-state index is -3.31. The van der Waals surface area contributed by atoms with Crippen molar-refractivity contribution in [3.8, 4) is 0 Å². The van der Waals surface area contributed by atoms with Gasteiger partial charge in [-0.05, 0) is 27.7 Å². The highest BCUT2D eigenvalue weighted by Crippen LogP contribution is 2.50. The lowest BCUT2D eigenvalue weighted by atomic mass is 10.2. The molecule has 0 aromatic carbocycles. The van der Waals surface area contributed by atoms with Gasteiger partial charge in [-0.25, -0.2) is 15.0 Å². The van der Waals surface area contributed by atoms with E-state index in [4.69, 9.17) is 19.5 Å². The van der Waals surface area contributed by atoms with Crippen molar-refractivity contribution >= 4 is 24.6 Å². The van der Waals surface area contributed by atoms with Gasteiger partial charge in [-0.1, -0.05) is 13.8 Å². The molecule has 0 unspecified atom stereocenters. The first-order valence-corrected chi connectivity index (χ1v) is 10.9. The van der Waals surface area contributed by atoms with Gasteiger partial charge in [0.25, 0.3) is 0 Å².